The van der Waals surface area contributed by atoms with Crippen molar-refractivity contribution in [2.45, 2.75) is 12.7 Å². The molecular weight excluding hydrogens is 223 g/mol. The van der Waals surface area contributed by atoms with E-state index >= 15 is 0 Å². The van der Waals surface area contributed by atoms with Crippen molar-refractivity contribution in [1.82, 2.24) is 14.1 Å². The van der Waals surface area contributed by atoms with Crippen molar-refractivity contribution < 1.29 is 13.2 Å². The third-order valence-corrected chi connectivity index (χ3v) is 2.29. The van der Waals surface area contributed by atoms with Gasteiger partial charge < -0.3 is 0 Å². The Labute approximate surface area is 87.9 Å². The molecule has 0 bridgehead atoms. The van der Waals surface area contributed by atoms with Gasteiger partial charge in [-0.3, -0.25) is 14.1 Å². The van der Waals surface area contributed by atoms with Gasteiger partial charge in [-0.1, -0.05) is 0 Å². The van der Waals surface area contributed by atoms with Gasteiger partial charge in [0, 0.05) is 13.2 Å². The van der Waals surface area contributed by atoms with E-state index in [1.807, 2.05) is 0 Å². The molecule has 86 valence electrons. The van der Waals surface area contributed by atoms with Gasteiger partial charge in [-0.05, 0) is 6.07 Å². The quantitative estimate of drug-likeness (QED) is 0.742. The molecule has 16 heavy (non-hydrogen) atoms. The zero-order chi connectivity index (χ0) is 11.9. The predicted octanol–water partition coefficient (Wildman–Crippen LogP) is 1.30. The largest absolute Gasteiger partial charge is 0.406 e. The van der Waals surface area contributed by atoms with E-state index in [0.717, 1.165) is 4.57 Å². The van der Waals surface area contributed by atoms with Crippen LogP contribution < -0.4 is 5.69 Å². The fourth-order valence-electron chi connectivity index (χ4n) is 1.58. The number of rotatable bonds is 1. The lowest BCUT2D eigenvalue weighted by Gasteiger charge is -2.06. The smallest absolute Gasteiger partial charge is 0.293 e. The molecule has 0 aliphatic heterocycles. The summed E-state index contributed by atoms with van der Waals surface area (Å²) in [5, 5.41) is 0. The fourth-order valence-corrected chi connectivity index (χ4v) is 1.58. The van der Waals surface area contributed by atoms with Crippen LogP contribution >= 0.6 is 0 Å². The Kier molecular flexibility index (Phi) is 2.25. The molecule has 0 atom stereocenters. The molecule has 0 N–H and O–H groups in total. The summed E-state index contributed by atoms with van der Waals surface area (Å²) < 4.78 is 38.7. The number of nitrogens with zero attached hydrogens (tertiary/aromatic N) is 3. The molecule has 0 aromatic carbocycles. The van der Waals surface area contributed by atoms with Crippen LogP contribution in [0.3, 0.4) is 0 Å². The number of alkyl halides is 3. The third kappa shape index (κ3) is 1.68. The minimum absolute atomic E-state index is 0.236. The maximum absolute atomic E-state index is 12.3. The minimum atomic E-state index is -4.42. The number of halogens is 3. The van der Waals surface area contributed by atoms with Crippen molar-refractivity contribution in [2.24, 2.45) is 7.05 Å². The van der Waals surface area contributed by atoms with E-state index in [9.17, 15) is 18.0 Å². The minimum Gasteiger partial charge on any atom is -0.293 e. The summed E-state index contributed by atoms with van der Waals surface area (Å²) in [7, 11) is 1.42. The lowest BCUT2D eigenvalue weighted by atomic mass is 10.4. The maximum Gasteiger partial charge on any atom is 0.406 e. The molecule has 0 fully saturated rings. The average Bonchev–Trinajstić information content (AvgIpc) is 2.43. The maximum atomic E-state index is 12.3. The van der Waals surface area contributed by atoms with Crippen molar-refractivity contribution in [3.8, 4) is 0 Å². The van der Waals surface area contributed by atoms with Crippen molar-refractivity contribution in [1.29, 1.82) is 0 Å². The molecule has 4 nitrogen and oxygen atoms in total. The second kappa shape index (κ2) is 3.36. The first-order chi connectivity index (χ1) is 7.40. The van der Waals surface area contributed by atoms with Crippen LogP contribution in [0.4, 0.5) is 13.2 Å². The van der Waals surface area contributed by atoms with Gasteiger partial charge in [0.1, 0.15) is 6.54 Å². The van der Waals surface area contributed by atoms with Crippen molar-refractivity contribution in [3.63, 3.8) is 0 Å². The fraction of sp³-hybridized carbons (Fsp3) is 0.333. The van der Waals surface area contributed by atoms with Crippen molar-refractivity contribution >= 4 is 11.0 Å². The number of hydrogen-bond acceptors (Lipinski definition) is 2. The molecule has 0 amide bonds. The topological polar surface area (TPSA) is 39.8 Å². The lowest BCUT2D eigenvalue weighted by molar-refractivity contribution is -0.140. The molecule has 0 saturated heterocycles. The normalized spacial score (nSPS) is 12.2. The number of aromatic nitrogens is 3. The van der Waals surface area contributed by atoms with Crippen LogP contribution in [0.5, 0.6) is 0 Å². The molecule has 0 unspecified atom stereocenters. The molecule has 7 heteroatoms. The third-order valence-electron chi connectivity index (χ3n) is 2.29. The van der Waals surface area contributed by atoms with Crippen LogP contribution in [0.1, 0.15) is 0 Å². The van der Waals surface area contributed by atoms with Gasteiger partial charge in [0.2, 0.25) is 0 Å². The van der Waals surface area contributed by atoms with E-state index in [-0.39, 0.29) is 5.52 Å². The van der Waals surface area contributed by atoms with Gasteiger partial charge in [0.05, 0.1) is 17.2 Å². The second-order valence-electron chi connectivity index (χ2n) is 3.41. The lowest BCUT2D eigenvalue weighted by Crippen LogP contribution is -2.28. The molecule has 2 rings (SSSR count). The summed E-state index contributed by atoms with van der Waals surface area (Å²) in [6.45, 7) is -1.28. The zero-order valence-electron chi connectivity index (χ0n) is 8.32. The summed E-state index contributed by atoms with van der Waals surface area (Å²) in [6, 6.07) is 1.39. The number of aryl methyl sites for hydroxylation is 1. The van der Waals surface area contributed by atoms with Crippen LogP contribution in [0, 0.1) is 0 Å². The van der Waals surface area contributed by atoms with E-state index in [4.69, 9.17) is 0 Å². The van der Waals surface area contributed by atoms with Crippen LogP contribution in [0.25, 0.3) is 11.0 Å². The summed E-state index contributed by atoms with van der Waals surface area (Å²) >= 11 is 0. The summed E-state index contributed by atoms with van der Waals surface area (Å²) in [4.78, 5) is 15.3. The first kappa shape index (κ1) is 10.7. The Morgan fingerprint density at radius 2 is 2.06 bits per heavy atom. The van der Waals surface area contributed by atoms with Gasteiger partial charge in [-0.2, -0.15) is 13.2 Å². The van der Waals surface area contributed by atoms with Crippen molar-refractivity contribution in [3.05, 3.63) is 28.9 Å². The molecule has 0 saturated carbocycles. The standard InChI is InChI=1S/C9H8F3N3O/c1-14-7-4-13-3-2-6(7)15(8(14)16)5-9(10,11)12/h2-4H,5H2,1H3. The SMILES string of the molecule is Cn1c(=O)n(CC(F)(F)F)c2ccncc21. The first-order valence-electron chi connectivity index (χ1n) is 4.46. The molecule has 0 radical (unpaired) electrons. The Morgan fingerprint density at radius 3 is 2.69 bits per heavy atom. The molecule has 2 aromatic heterocycles. The summed E-state index contributed by atoms with van der Waals surface area (Å²) in [6.07, 6.45) is -1.69. The van der Waals surface area contributed by atoms with E-state index in [1.54, 1.807) is 0 Å². The molecule has 2 heterocycles. The highest BCUT2D eigenvalue weighted by molar-refractivity contribution is 5.74. The highest BCUT2D eigenvalue weighted by Gasteiger charge is 2.30. The molecule has 0 aliphatic rings. The van der Waals surface area contributed by atoms with Gasteiger partial charge >= 0.3 is 11.9 Å². The average molecular weight is 231 g/mol. The first-order valence-corrected chi connectivity index (χ1v) is 4.46. The molecular formula is C9H8F3N3O. The van der Waals surface area contributed by atoms with Gasteiger partial charge in [0.25, 0.3) is 0 Å². The van der Waals surface area contributed by atoms with Gasteiger partial charge in [-0.25, -0.2) is 4.79 Å². The Morgan fingerprint density at radius 1 is 1.38 bits per heavy atom. The van der Waals surface area contributed by atoms with Crippen LogP contribution in [-0.4, -0.2) is 20.3 Å². The van der Waals surface area contributed by atoms with Crippen LogP contribution in [0.2, 0.25) is 0 Å². The number of imidazole rings is 1. The predicted molar refractivity (Wildman–Crippen MR) is 51.0 cm³/mol. The van der Waals surface area contributed by atoms with Gasteiger partial charge in [0.15, 0.2) is 0 Å². The number of hydrogen-bond donors (Lipinski definition) is 0. The van der Waals surface area contributed by atoms with E-state index in [1.165, 1.54) is 25.5 Å². The number of fused-ring (bicyclic) bond motifs is 1. The second-order valence-corrected chi connectivity index (χ2v) is 3.41. The highest BCUT2D eigenvalue weighted by Crippen LogP contribution is 2.19. The van der Waals surface area contributed by atoms with E-state index in [0.29, 0.717) is 10.1 Å². The Balaban J connectivity index is 2.70. The van der Waals surface area contributed by atoms with Crippen molar-refractivity contribution in [2.75, 3.05) is 0 Å². The summed E-state index contributed by atoms with van der Waals surface area (Å²) in [5.74, 6) is 0. The van der Waals surface area contributed by atoms with Crippen LogP contribution in [0.15, 0.2) is 23.3 Å². The molecule has 0 aliphatic carbocycles. The van der Waals surface area contributed by atoms with E-state index < -0.39 is 18.4 Å². The molecule has 0 spiro atoms. The van der Waals surface area contributed by atoms with Gasteiger partial charge in [-0.15, -0.1) is 0 Å². The number of pyridine rings is 1. The van der Waals surface area contributed by atoms with E-state index in [2.05, 4.69) is 4.98 Å². The van der Waals surface area contributed by atoms with Crippen LogP contribution in [-0.2, 0) is 13.6 Å². The summed E-state index contributed by atoms with van der Waals surface area (Å²) in [5.41, 5.74) is -0.0723. The highest BCUT2D eigenvalue weighted by atomic mass is 19.4. The molecule has 2 aromatic rings. The zero-order valence-corrected chi connectivity index (χ0v) is 8.32. The Bertz CT molecular complexity index is 582. The monoisotopic (exact) mass is 231 g/mol. The Hall–Kier alpha value is -1.79.